The predicted molar refractivity (Wildman–Crippen MR) is 406 cm³/mol. The Morgan fingerprint density at radius 3 is 1.19 bits per heavy atom. The van der Waals surface area contributed by atoms with E-state index in [2.05, 4.69) is 163 Å². The first-order chi connectivity index (χ1) is 46.4. The van der Waals surface area contributed by atoms with Gasteiger partial charge in [-0.1, -0.05) is 103 Å². The molecule has 0 saturated carbocycles. The maximum absolute atomic E-state index is 11.7. The highest BCUT2D eigenvalue weighted by molar-refractivity contribution is 7.33. The number of aromatic nitrogens is 2. The first kappa shape index (κ1) is 67.8. The monoisotopic (exact) mass is 1370 g/mol. The first-order valence-electron chi connectivity index (χ1n) is 32.8. The molecule has 95 heavy (non-hydrogen) atoms. The first-order valence-corrected chi connectivity index (χ1v) is 37.7. The number of rotatable bonds is 32. The number of aliphatic carboxylic acids is 2. The number of hydrogen-bond donors (Lipinski definition) is 2. The zero-order chi connectivity index (χ0) is 66.4. The van der Waals surface area contributed by atoms with Gasteiger partial charge in [-0.05, 0) is 206 Å². The second-order valence-corrected chi connectivity index (χ2v) is 30.2. The summed E-state index contributed by atoms with van der Waals surface area (Å²) in [5.41, 5.74) is 11.1. The Morgan fingerprint density at radius 1 is 0.453 bits per heavy atom. The Bertz CT molecular complexity index is 4350. The van der Waals surface area contributed by atoms with Gasteiger partial charge in [0.05, 0.1) is 7.11 Å². The molecule has 0 spiro atoms. The molecule has 0 saturated heterocycles. The third-order valence-electron chi connectivity index (χ3n) is 17.0. The molecular formula is C79H77N5O5S6. The van der Waals surface area contributed by atoms with Crippen LogP contribution in [0.25, 0.3) is 95.6 Å². The summed E-state index contributed by atoms with van der Waals surface area (Å²) in [6, 6.07) is 51.8. The summed E-state index contributed by atoms with van der Waals surface area (Å²) in [4.78, 5) is 35.8. The van der Waals surface area contributed by atoms with E-state index in [1.165, 1.54) is 131 Å². The van der Waals surface area contributed by atoms with Gasteiger partial charge in [-0.15, -0.1) is 68.0 Å². The van der Waals surface area contributed by atoms with Crippen molar-refractivity contribution in [3.05, 3.63) is 188 Å². The third-order valence-corrected chi connectivity index (χ3v) is 24.3. The van der Waals surface area contributed by atoms with Crippen LogP contribution >= 0.6 is 68.0 Å². The number of aryl methyl sites for hydroxylation is 2. The summed E-state index contributed by atoms with van der Waals surface area (Å²) >= 11 is 11.1. The fraction of sp³-hybridized carbons (Fsp3) is 0.266. The lowest BCUT2D eigenvalue weighted by molar-refractivity contribution is -0.133. The number of anilines is 3. The highest BCUT2D eigenvalue weighted by Gasteiger charge is 2.21. The number of carboxylic acid groups (broad SMARTS) is 2. The van der Waals surface area contributed by atoms with Crippen molar-refractivity contribution in [1.29, 1.82) is 10.5 Å². The van der Waals surface area contributed by atoms with E-state index in [9.17, 15) is 30.3 Å². The molecule has 0 fully saturated rings. The molecule has 0 aliphatic rings. The Kier molecular flexibility index (Phi) is 23.0. The van der Waals surface area contributed by atoms with Crippen molar-refractivity contribution in [3.63, 3.8) is 0 Å². The van der Waals surface area contributed by atoms with Crippen LogP contribution in [0.5, 0.6) is 5.75 Å². The standard InChI is InChI=1S/C79H77N5O5S6/c1-6-10-14-16-18-54-44-66(38-34-58-28-30-63(82(58)40-12-8-3)42-56(50-80)78(85)86)90-76(54)74-48-72-70(94-74)46-68(92-72)52-20-24-60(25-21-52)84(62-32-36-65(89-5)37-33-62)61-26-22-53(23-27-61)69-47-71-73(93-69)49-75(95-71)77-55(19-17-15-11-7-2)45-67(91-77)39-35-59-29-31-64(83(59)41-13-9-4)43-57(51-81)79(87)88/h20-39,42-49H,6-19,40-41H2,1-5H3,(H,85,86)(H,87,88). The van der Waals surface area contributed by atoms with Gasteiger partial charge in [-0.25, -0.2) is 9.59 Å². The van der Waals surface area contributed by atoms with Gasteiger partial charge in [0.15, 0.2) is 0 Å². The summed E-state index contributed by atoms with van der Waals surface area (Å²) in [7, 11) is 1.70. The quantitative estimate of drug-likeness (QED) is 0.0241. The summed E-state index contributed by atoms with van der Waals surface area (Å²) in [6.07, 6.45) is 27.0. The second kappa shape index (κ2) is 32.2. The van der Waals surface area contributed by atoms with E-state index in [0.29, 0.717) is 11.4 Å². The fourth-order valence-electron chi connectivity index (χ4n) is 11.9. The van der Waals surface area contributed by atoms with E-state index in [4.69, 9.17) is 4.74 Å². The molecule has 8 aromatic heterocycles. The van der Waals surface area contributed by atoms with Crippen molar-refractivity contribution >= 4 is 152 Å². The SMILES string of the molecule is CCCCCCc1cc(C=Cc2ccc(C=C(C#N)C(=O)O)n2CCCC)sc1-c1cc2sc(-c3ccc(N(c4ccc(OC)cc4)c4ccc(-c5cc6sc(-c7sc(C=Cc8ccc(C=C(C#N)C(=O)O)n8CCCC)cc7CCCCCC)cc6s5)cc4)cc3)cc2s1. The summed E-state index contributed by atoms with van der Waals surface area (Å²) in [5, 5.41) is 38.2. The van der Waals surface area contributed by atoms with Crippen LogP contribution in [-0.4, -0.2) is 38.4 Å². The number of unbranched alkanes of at least 4 members (excludes halogenated alkanes) is 8. The van der Waals surface area contributed by atoms with Crippen molar-refractivity contribution in [2.24, 2.45) is 0 Å². The number of ether oxygens (including phenoxy) is 1. The van der Waals surface area contributed by atoms with Crippen molar-refractivity contribution in [2.45, 2.75) is 131 Å². The number of hydrogen-bond acceptors (Lipinski definition) is 12. The van der Waals surface area contributed by atoms with E-state index in [0.717, 1.165) is 98.7 Å². The molecular weight excluding hydrogens is 1290 g/mol. The number of benzene rings is 3. The lowest BCUT2D eigenvalue weighted by Crippen LogP contribution is -2.09. The van der Waals surface area contributed by atoms with Crippen molar-refractivity contribution in [1.82, 2.24) is 9.13 Å². The Morgan fingerprint density at radius 2 is 0.821 bits per heavy atom. The average Bonchev–Trinajstić information content (AvgIpc) is 1.69. The predicted octanol–water partition coefficient (Wildman–Crippen LogP) is 24.3. The molecule has 484 valence electrons. The fourth-order valence-corrected chi connectivity index (χ4v) is 19.2. The largest absolute Gasteiger partial charge is 0.497 e. The second-order valence-electron chi connectivity index (χ2n) is 23.6. The van der Waals surface area contributed by atoms with E-state index in [1.54, 1.807) is 7.11 Å². The van der Waals surface area contributed by atoms with Crippen LogP contribution in [0, 0.1) is 22.7 Å². The zero-order valence-electron chi connectivity index (χ0n) is 54.3. The van der Waals surface area contributed by atoms with Crippen molar-refractivity contribution in [2.75, 3.05) is 12.0 Å². The minimum atomic E-state index is -1.22. The van der Waals surface area contributed by atoms with Crippen LogP contribution in [-0.2, 0) is 35.5 Å². The van der Waals surface area contributed by atoms with Gasteiger partial charge in [0.25, 0.3) is 0 Å². The summed E-state index contributed by atoms with van der Waals surface area (Å²) in [5.74, 6) is -1.64. The molecule has 0 amide bonds. The molecule has 0 aliphatic carbocycles. The molecule has 0 radical (unpaired) electrons. The van der Waals surface area contributed by atoms with Gasteiger partial charge in [-0.2, -0.15) is 10.5 Å². The molecule has 0 aliphatic heterocycles. The number of carbonyl (C=O) groups is 2. The third kappa shape index (κ3) is 16.2. The lowest BCUT2D eigenvalue weighted by atomic mass is 10.1. The minimum Gasteiger partial charge on any atom is -0.497 e. The number of fused-ring (bicyclic) bond motifs is 2. The van der Waals surface area contributed by atoms with Crippen LogP contribution in [0.15, 0.2) is 145 Å². The van der Waals surface area contributed by atoms with Crippen LogP contribution < -0.4 is 9.64 Å². The van der Waals surface area contributed by atoms with Gasteiger partial charge in [0, 0.05) is 111 Å². The number of thiophene rings is 6. The van der Waals surface area contributed by atoms with E-state index >= 15 is 0 Å². The Hall–Kier alpha value is -8.58. The molecule has 8 heterocycles. The van der Waals surface area contributed by atoms with Gasteiger partial charge in [-0.3, -0.25) is 0 Å². The molecule has 3 aromatic carbocycles. The van der Waals surface area contributed by atoms with Gasteiger partial charge in [0.1, 0.15) is 29.0 Å². The van der Waals surface area contributed by atoms with Crippen molar-refractivity contribution in [3.8, 4) is 58.3 Å². The maximum Gasteiger partial charge on any atom is 0.346 e. The van der Waals surface area contributed by atoms with Gasteiger partial charge in [0.2, 0.25) is 0 Å². The highest BCUT2D eigenvalue weighted by atomic mass is 32.1. The van der Waals surface area contributed by atoms with Crippen LogP contribution in [0.4, 0.5) is 17.1 Å². The van der Waals surface area contributed by atoms with Crippen molar-refractivity contribution < 1.29 is 24.5 Å². The molecule has 0 atom stereocenters. The van der Waals surface area contributed by atoms with Crippen LogP contribution in [0.1, 0.15) is 148 Å². The lowest BCUT2D eigenvalue weighted by Gasteiger charge is -2.26. The van der Waals surface area contributed by atoms with E-state index < -0.39 is 11.9 Å². The smallest absolute Gasteiger partial charge is 0.346 e. The Labute approximate surface area is 581 Å². The number of nitriles is 2. The topological polar surface area (TPSA) is 145 Å². The molecule has 11 aromatic rings. The molecule has 0 unspecified atom stereocenters. The Balaban J connectivity index is 0.823. The maximum atomic E-state index is 11.7. The molecule has 10 nitrogen and oxygen atoms in total. The normalized spacial score (nSPS) is 12.1. The molecule has 11 rings (SSSR count). The minimum absolute atomic E-state index is 0.276. The number of nitrogens with zero attached hydrogens (tertiary/aromatic N) is 5. The molecule has 16 heteroatoms. The van der Waals surface area contributed by atoms with Crippen LogP contribution in [0.3, 0.4) is 0 Å². The number of methoxy groups -OCH3 is 1. The molecule has 2 N–H and O–H groups in total. The van der Waals surface area contributed by atoms with E-state index in [1.807, 2.05) is 117 Å². The zero-order valence-corrected chi connectivity index (χ0v) is 59.2. The van der Waals surface area contributed by atoms with Crippen LogP contribution in [0.2, 0.25) is 0 Å². The van der Waals surface area contributed by atoms with E-state index in [-0.39, 0.29) is 11.1 Å². The summed E-state index contributed by atoms with van der Waals surface area (Å²) < 4.78 is 14.9. The van der Waals surface area contributed by atoms with Gasteiger partial charge < -0.3 is 29.0 Å². The average molecular weight is 1370 g/mol. The number of carboxylic acids is 2. The highest BCUT2D eigenvalue weighted by Crippen LogP contribution is 2.48. The summed E-state index contributed by atoms with van der Waals surface area (Å²) in [6.45, 7) is 10.2. The van der Waals surface area contributed by atoms with Gasteiger partial charge >= 0.3 is 11.9 Å². The molecule has 0 bridgehead atoms.